The molecule has 0 N–H and O–H groups in total. The molecule has 4 nitrogen and oxygen atoms in total. The summed E-state index contributed by atoms with van der Waals surface area (Å²) in [5.41, 5.74) is 1.55. The number of piperidine rings is 2. The highest BCUT2D eigenvalue weighted by molar-refractivity contribution is 5.76. The lowest BCUT2D eigenvalue weighted by molar-refractivity contribution is -0.133. The molecule has 1 spiro atoms. The smallest absolute Gasteiger partial charge is 0.222 e. The van der Waals surface area contributed by atoms with Crippen LogP contribution in [-0.4, -0.2) is 60.6 Å². The van der Waals surface area contributed by atoms with Crippen LogP contribution >= 0.6 is 0 Å². The number of rotatable bonds is 6. The van der Waals surface area contributed by atoms with Crippen molar-refractivity contribution in [3.63, 3.8) is 0 Å². The van der Waals surface area contributed by atoms with Crippen molar-refractivity contribution in [1.29, 1.82) is 0 Å². The lowest BCUT2D eigenvalue weighted by atomic mass is 9.84. The number of carbonyl (C=O) groups excluding carboxylic acids is 1. The van der Waals surface area contributed by atoms with E-state index in [4.69, 9.17) is 4.74 Å². The van der Waals surface area contributed by atoms with Gasteiger partial charge in [-0.1, -0.05) is 30.3 Å². The van der Waals surface area contributed by atoms with Gasteiger partial charge >= 0.3 is 0 Å². The van der Waals surface area contributed by atoms with Crippen molar-refractivity contribution < 1.29 is 9.53 Å². The minimum atomic E-state index is 0.213. The van der Waals surface area contributed by atoms with Crippen LogP contribution in [0.3, 0.4) is 0 Å². The van der Waals surface area contributed by atoms with Crippen LogP contribution in [0, 0.1) is 5.92 Å². The molecule has 4 heteroatoms. The zero-order chi connectivity index (χ0) is 19.9. The number of likely N-dealkylation sites (tertiary alicyclic amines) is 2. The molecule has 0 saturated carbocycles. The second-order valence-corrected chi connectivity index (χ2v) is 9.45. The van der Waals surface area contributed by atoms with Crippen molar-refractivity contribution in [3.05, 3.63) is 35.9 Å². The first-order chi connectivity index (χ1) is 14.2. The Morgan fingerprint density at radius 1 is 1.00 bits per heavy atom. The maximum absolute atomic E-state index is 12.6. The molecule has 0 radical (unpaired) electrons. The topological polar surface area (TPSA) is 32.8 Å². The molecule has 29 heavy (non-hydrogen) atoms. The molecule has 3 heterocycles. The van der Waals surface area contributed by atoms with Crippen molar-refractivity contribution in [2.75, 3.05) is 39.3 Å². The monoisotopic (exact) mass is 398 g/mol. The first-order valence-corrected chi connectivity index (χ1v) is 11.9. The summed E-state index contributed by atoms with van der Waals surface area (Å²) in [5.74, 6) is 1.11. The molecule has 3 aliphatic rings. The maximum Gasteiger partial charge on any atom is 0.222 e. The normalized spacial score (nSPS) is 23.4. The van der Waals surface area contributed by atoms with E-state index in [1.165, 1.54) is 70.1 Å². The Hall–Kier alpha value is -1.39. The lowest BCUT2D eigenvalue weighted by Gasteiger charge is -2.45. The van der Waals surface area contributed by atoms with E-state index in [9.17, 15) is 4.79 Å². The van der Waals surface area contributed by atoms with E-state index in [0.717, 1.165) is 38.5 Å². The van der Waals surface area contributed by atoms with Crippen molar-refractivity contribution in [3.8, 4) is 0 Å². The highest BCUT2D eigenvalue weighted by Crippen LogP contribution is 2.35. The van der Waals surface area contributed by atoms with Gasteiger partial charge in [-0.3, -0.25) is 4.79 Å². The fourth-order valence-corrected chi connectivity index (χ4v) is 5.42. The first kappa shape index (κ1) is 20.9. The molecular weight excluding hydrogens is 360 g/mol. The third-order valence-corrected chi connectivity index (χ3v) is 7.38. The number of aryl methyl sites for hydroxylation is 1. The van der Waals surface area contributed by atoms with Crippen molar-refractivity contribution in [2.24, 2.45) is 5.92 Å². The van der Waals surface area contributed by atoms with E-state index in [1.807, 2.05) is 6.07 Å². The number of benzene rings is 1. The number of amides is 1. The van der Waals surface area contributed by atoms with Crippen LogP contribution in [0.15, 0.2) is 30.3 Å². The Morgan fingerprint density at radius 3 is 2.45 bits per heavy atom. The van der Waals surface area contributed by atoms with E-state index >= 15 is 0 Å². The predicted octanol–water partition coefficient (Wildman–Crippen LogP) is 4.28. The summed E-state index contributed by atoms with van der Waals surface area (Å²) in [6, 6.07) is 10.5. The van der Waals surface area contributed by atoms with Gasteiger partial charge in [-0.05, 0) is 69.3 Å². The number of nitrogens with zero attached hydrogens (tertiary/aromatic N) is 2. The standard InChI is InChI=1S/C25H38N2O2/c28-24(10-6-9-22-7-2-1-3-8-22)27-16-11-23(12-17-27)21-26-18-14-25(15-19-26)13-4-5-20-29-25/h1-3,7-8,23H,4-6,9-21H2. The fourth-order valence-electron chi connectivity index (χ4n) is 5.42. The van der Waals surface area contributed by atoms with Crippen LogP contribution < -0.4 is 0 Å². The third-order valence-electron chi connectivity index (χ3n) is 7.38. The van der Waals surface area contributed by atoms with E-state index in [0.29, 0.717) is 12.3 Å². The minimum absolute atomic E-state index is 0.213. The highest BCUT2D eigenvalue weighted by atomic mass is 16.5. The zero-order valence-corrected chi connectivity index (χ0v) is 18.0. The average Bonchev–Trinajstić information content (AvgIpc) is 2.77. The second-order valence-electron chi connectivity index (χ2n) is 9.45. The molecular formula is C25H38N2O2. The van der Waals surface area contributed by atoms with Crippen molar-refractivity contribution >= 4 is 5.91 Å². The molecule has 3 fully saturated rings. The Labute approximate surface area is 176 Å². The molecule has 0 aromatic heterocycles. The summed E-state index contributed by atoms with van der Waals surface area (Å²) in [5, 5.41) is 0. The van der Waals surface area contributed by atoms with Crippen LogP contribution in [0.1, 0.15) is 63.4 Å². The van der Waals surface area contributed by atoms with Crippen LogP contribution in [-0.2, 0) is 16.0 Å². The summed E-state index contributed by atoms with van der Waals surface area (Å²) in [7, 11) is 0. The summed E-state index contributed by atoms with van der Waals surface area (Å²) in [6.45, 7) is 6.48. The van der Waals surface area contributed by atoms with Gasteiger partial charge in [0.2, 0.25) is 5.91 Å². The van der Waals surface area contributed by atoms with Gasteiger partial charge in [-0.2, -0.15) is 0 Å². The van der Waals surface area contributed by atoms with E-state index in [-0.39, 0.29) is 5.60 Å². The molecule has 0 bridgehead atoms. The van der Waals surface area contributed by atoms with E-state index in [2.05, 4.69) is 34.1 Å². The Kier molecular flexibility index (Phi) is 7.25. The zero-order valence-electron chi connectivity index (χ0n) is 18.0. The molecule has 4 rings (SSSR count). The Bertz CT molecular complexity index is 623. The van der Waals surface area contributed by atoms with Gasteiger partial charge in [0, 0.05) is 45.8 Å². The minimum Gasteiger partial charge on any atom is -0.375 e. The number of ether oxygens (including phenoxy) is 1. The molecule has 0 atom stereocenters. The van der Waals surface area contributed by atoms with E-state index in [1.54, 1.807) is 0 Å². The summed E-state index contributed by atoms with van der Waals surface area (Å²) >= 11 is 0. The van der Waals surface area contributed by atoms with Crippen molar-refractivity contribution in [2.45, 2.75) is 69.8 Å². The van der Waals surface area contributed by atoms with Gasteiger partial charge < -0.3 is 14.5 Å². The molecule has 0 aliphatic carbocycles. The van der Waals surface area contributed by atoms with E-state index < -0.39 is 0 Å². The lowest BCUT2D eigenvalue weighted by Crippen LogP contribution is -2.49. The van der Waals surface area contributed by atoms with Gasteiger partial charge in [0.05, 0.1) is 5.60 Å². The molecule has 160 valence electrons. The average molecular weight is 399 g/mol. The molecule has 3 saturated heterocycles. The number of hydrogen-bond acceptors (Lipinski definition) is 3. The Balaban J connectivity index is 1.12. The van der Waals surface area contributed by atoms with Gasteiger partial charge in [0.25, 0.3) is 0 Å². The summed E-state index contributed by atoms with van der Waals surface area (Å²) in [4.78, 5) is 17.3. The molecule has 0 unspecified atom stereocenters. The van der Waals surface area contributed by atoms with Crippen LogP contribution in [0.5, 0.6) is 0 Å². The SMILES string of the molecule is O=C(CCCc1ccccc1)N1CCC(CN2CCC3(CCCCO3)CC2)CC1. The quantitative estimate of drug-likeness (QED) is 0.717. The fraction of sp³-hybridized carbons (Fsp3) is 0.720. The molecule has 1 aromatic rings. The van der Waals surface area contributed by atoms with Gasteiger partial charge in [0.1, 0.15) is 0 Å². The van der Waals surface area contributed by atoms with Gasteiger partial charge in [0.15, 0.2) is 0 Å². The second kappa shape index (κ2) is 10.1. The van der Waals surface area contributed by atoms with Crippen LogP contribution in [0.4, 0.5) is 0 Å². The van der Waals surface area contributed by atoms with Gasteiger partial charge in [-0.15, -0.1) is 0 Å². The Morgan fingerprint density at radius 2 is 1.76 bits per heavy atom. The van der Waals surface area contributed by atoms with Crippen LogP contribution in [0.2, 0.25) is 0 Å². The first-order valence-electron chi connectivity index (χ1n) is 11.9. The molecule has 1 amide bonds. The predicted molar refractivity (Wildman–Crippen MR) is 117 cm³/mol. The highest BCUT2D eigenvalue weighted by Gasteiger charge is 2.37. The number of hydrogen-bond donors (Lipinski definition) is 0. The maximum atomic E-state index is 12.6. The summed E-state index contributed by atoms with van der Waals surface area (Å²) in [6.07, 6.45) is 11.3. The summed E-state index contributed by atoms with van der Waals surface area (Å²) < 4.78 is 6.17. The molecule has 1 aromatic carbocycles. The van der Waals surface area contributed by atoms with Crippen molar-refractivity contribution in [1.82, 2.24) is 9.80 Å². The number of carbonyl (C=O) groups is 1. The largest absolute Gasteiger partial charge is 0.375 e. The van der Waals surface area contributed by atoms with Gasteiger partial charge in [-0.25, -0.2) is 0 Å². The molecule has 3 aliphatic heterocycles. The van der Waals surface area contributed by atoms with Crippen LogP contribution in [0.25, 0.3) is 0 Å². The third kappa shape index (κ3) is 5.82.